The quantitative estimate of drug-likeness (QED) is 0.749. The van der Waals surface area contributed by atoms with Gasteiger partial charge in [0.15, 0.2) is 17.5 Å². The molecule has 0 fully saturated rings. The van der Waals surface area contributed by atoms with Gasteiger partial charge in [0.05, 0.1) is 0 Å². The van der Waals surface area contributed by atoms with Crippen LogP contribution in [-0.4, -0.2) is 17.5 Å². The Balaban J connectivity index is 1.58. The van der Waals surface area contributed by atoms with Crippen LogP contribution in [-0.2, 0) is 4.79 Å². The highest BCUT2D eigenvalue weighted by atomic mass is 32.1. The zero-order valence-corrected chi connectivity index (χ0v) is 14.6. The third kappa shape index (κ3) is 4.02. The van der Waals surface area contributed by atoms with Gasteiger partial charge in [-0.2, -0.15) is 0 Å². The van der Waals surface area contributed by atoms with E-state index in [4.69, 9.17) is 9.15 Å². The van der Waals surface area contributed by atoms with Crippen LogP contribution < -0.4 is 10.1 Å². The molecule has 1 N–H and O–H groups in total. The van der Waals surface area contributed by atoms with Crippen molar-refractivity contribution < 1.29 is 13.9 Å². The summed E-state index contributed by atoms with van der Waals surface area (Å²) in [5.74, 6) is 1.96. The predicted octanol–water partition coefficient (Wildman–Crippen LogP) is 4.35. The van der Waals surface area contributed by atoms with Gasteiger partial charge < -0.3 is 9.15 Å². The number of amides is 1. The number of hydrogen-bond donors (Lipinski definition) is 1. The molecular weight excluding hydrogens is 324 g/mol. The van der Waals surface area contributed by atoms with E-state index < -0.39 is 0 Å². The van der Waals surface area contributed by atoms with Gasteiger partial charge in [-0.1, -0.05) is 6.07 Å². The van der Waals surface area contributed by atoms with Gasteiger partial charge in [-0.3, -0.25) is 10.1 Å². The zero-order chi connectivity index (χ0) is 17.1. The lowest BCUT2D eigenvalue weighted by Gasteiger charge is -2.07. The third-order valence-corrected chi connectivity index (χ3v) is 4.07. The summed E-state index contributed by atoms with van der Waals surface area (Å²) in [7, 11) is 0. The molecule has 5 nitrogen and oxygen atoms in total. The van der Waals surface area contributed by atoms with E-state index in [2.05, 4.69) is 16.4 Å². The summed E-state index contributed by atoms with van der Waals surface area (Å²) in [6.07, 6.45) is 0. The van der Waals surface area contributed by atoms with Crippen molar-refractivity contribution in [1.29, 1.82) is 0 Å². The molecule has 3 aromatic rings. The largest absolute Gasteiger partial charge is 0.484 e. The Morgan fingerprint density at radius 3 is 2.62 bits per heavy atom. The summed E-state index contributed by atoms with van der Waals surface area (Å²) in [5, 5.41) is 5.11. The zero-order valence-electron chi connectivity index (χ0n) is 13.8. The van der Waals surface area contributed by atoms with Crippen LogP contribution in [0.4, 0.5) is 5.13 Å². The first-order chi connectivity index (χ1) is 11.5. The molecule has 6 heteroatoms. The van der Waals surface area contributed by atoms with E-state index in [1.54, 1.807) is 0 Å². The number of aromatic nitrogens is 1. The number of hydrogen-bond acceptors (Lipinski definition) is 5. The van der Waals surface area contributed by atoms with Crippen molar-refractivity contribution in [3.8, 4) is 17.2 Å². The van der Waals surface area contributed by atoms with Crippen LogP contribution in [0.1, 0.15) is 16.9 Å². The average Bonchev–Trinajstić information content (AvgIpc) is 3.13. The smallest absolute Gasteiger partial charge is 0.264 e. The van der Waals surface area contributed by atoms with Crippen LogP contribution in [0.5, 0.6) is 5.75 Å². The van der Waals surface area contributed by atoms with Crippen molar-refractivity contribution in [3.63, 3.8) is 0 Å². The summed E-state index contributed by atoms with van der Waals surface area (Å²) in [4.78, 5) is 16.4. The molecule has 0 saturated carbocycles. The van der Waals surface area contributed by atoms with E-state index in [0.29, 0.717) is 22.3 Å². The topological polar surface area (TPSA) is 64.4 Å². The van der Waals surface area contributed by atoms with Crippen molar-refractivity contribution in [1.82, 2.24) is 4.98 Å². The number of ether oxygens (including phenoxy) is 1. The van der Waals surface area contributed by atoms with Gasteiger partial charge in [-0.05, 0) is 56.2 Å². The molecule has 0 unspecified atom stereocenters. The SMILES string of the molecule is Cc1cc(C)cc(OCC(=O)Nc2nc(-c3ccc(C)o3)cs2)c1. The van der Waals surface area contributed by atoms with Crippen LogP contribution in [0.2, 0.25) is 0 Å². The van der Waals surface area contributed by atoms with Crippen molar-refractivity contribution in [2.45, 2.75) is 20.8 Å². The number of aryl methyl sites for hydroxylation is 3. The normalized spacial score (nSPS) is 10.6. The molecule has 2 heterocycles. The van der Waals surface area contributed by atoms with Crippen molar-refractivity contribution in [2.24, 2.45) is 0 Å². The Bertz CT molecular complexity index is 847. The van der Waals surface area contributed by atoms with Crippen LogP contribution in [0.3, 0.4) is 0 Å². The molecule has 124 valence electrons. The number of thiazole rings is 1. The Hall–Kier alpha value is -2.60. The van der Waals surface area contributed by atoms with E-state index in [-0.39, 0.29) is 12.5 Å². The number of nitrogens with one attached hydrogen (secondary N) is 1. The maximum absolute atomic E-state index is 12.0. The molecular formula is C18H18N2O3S. The van der Waals surface area contributed by atoms with Gasteiger partial charge in [-0.15, -0.1) is 11.3 Å². The third-order valence-electron chi connectivity index (χ3n) is 3.31. The summed E-state index contributed by atoms with van der Waals surface area (Å²) < 4.78 is 11.1. The average molecular weight is 342 g/mol. The highest BCUT2D eigenvalue weighted by Gasteiger charge is 2.11. The fourth-order valence-electron chi connectivity index (χ4n) is 2.34. The fraction of sp³-hybridized carbons (Fsp3) is 0.222. The molecule has 0 aliphatic carbocycles. The summed E-state index contributed by atoms with van der Waals surface area (Å²) in [6, 6.07) is 9.60. The molecule has 24 heavy (non-hydrogen) atoms. The molecule has 2 aromatic heterocycles. The second-order valence-electron chi connectivity index (χ2n) is 5.61. The Kier molecular flexibility index (Phi) is 4.66. The van der Waals surface area contributed by atoms with Crippen LogP contribution in [0.25, 0.3) is 11.5 Å². The van der Waals surface area contributed by atoms with Gasteiger partial charge in [-0.25, -0.2) is 4.98 Å². The number of furan rings is 1. The number of carbonyl (C=O) groups is 1. The second kappa shape index (κ2) is 6.88. The predicted molar refractivity (Wildman–Crippen MR) is 94.6 cm³/mol. The first-order valence-corrected chi connectivity index (χ1v) is 8.41. The maximum atomic E-state index is 12.0. The minimum atomic E-state index is -0.245. The number of carbonyl (C=O) groups excluding carboxylic acids is 1. The van der Waals surface area contributed by atoms with Crippen molar-refractivity contribution >= 4 is 22.4 Å². The van der Waals surface area contributed by atoms with Gasteiger partial charge in [0.25, 0.3) is 5.91 Å². The molecule has 3 rings (SSSR count). The van der Waals surface area contributed by atoms with Crippen LogP contribution in [0, 0.1) is 20.8 Å². The lowest BCUT2D eigenvalue weighted by molar-refractivity contribution is -0.118. The van der Waals surface area contributed by atoms with Crippen LogP contribution in [0.15, 0.2) is 40.1 Å². The number of benzene rings is 1. The number of anilines is 1. The highest BCUT2D eigenvalue weighted by molar-refractivity contribution is 7.14. The summed E-state index contributed by atoms with van der Waals surface area (Å²) in [6.45, 7) is 5.81. The molecule has 0 atom stereocenters. The van der Waals surface area contributed by atoms with Crippen molar-refractivity contribution in [3.05, 3.63) is 52.6 Å². The minimum Gasteiger partial charge on any atom is -0.484 e. The molecule has 0 aliphatic rings. The first-order valence-electron chi connectivity index (χ1n) is 7.53. The second-order valence-corrected chi connectivity index (χ2v) is 6.47. The first kappa shape index (κ1) is 16.3. The molecule has 0 aliphatic heterocycles. The number of nitrogens with zero attached hydrogens (tertiary/aromatic N) is 1. The van der Waals surface area contributed by atoms with Gasteiger partial charge in [0, 0.05) is 5.38 Å². The lowest BCUT2D eigenvalue weighted by Crippen LogP contribution is -2.20. The maximum Gasteiger partial charge on any atom is 0.264 e. The van der Waals surface area contributed by atoms with Gasteiger partial charge in [0.1, 0.15) is 17.2 Å². The standard InChI is InChI=1S/C18H18N2O3S/c1-11-6-12(2)8-14(7-11)22-9-17(21)20-18-19-15(10-24-18)16-5-4-13(3)23-16/h4-8,10H,9H2,1-3H3,(H,19,20,21). The molecule has 1 aromatic carbocycles. The molecule has 0 saturated heterocycles. The van der Waals surface area contributed by atoms with E-state index in [1.165, 1.54) is 11.3 Å². The number of rotatable bonds is 5. The van der Waals surface area contributed by atoms with Gasteiger partial charge in [0.2, 0.25) is 0 Å². The van der Waals surface area contributed by atoms with Crippen molar-refractivity contribution in [2.75, 3.05) is 11.9 Å². The molecule has 0 radical (unpaired) electrons. The minimum absolute atomic E-state index is 0.0579. The van der Waals surface area contributed by atoms with E-state index >= 15 is 0 Å². The Morgan fingerprint density at radius 1 is 1.21 bits per heavy atom. The summed E-state index contributed by atoms with van der Waals surface area (Å²) in [5.41, 5.74) is 2.91. The Morgan fingerprint density at radius 2 is 1.96 bits per heavy atom. The molecule has 1 amide bonds. The van der Waals surface area contributed by atoms with Gasteiger partial charge >= 0.3 is 0 Å². The fourth-order valence-corrected chi connectivity index (χ4v) is 3.05. The van der Waals surface area contributed by atoms with E-state index in [1.807, 2.05) is 50.4 Å². The van der Waals surface area contributed by atoms with E-state index in [9.17, 15) is 4.79 Å². The highest BCUT2D eigenvalue weighted by Crippen LogP contribution is 2.26. The summed E-state index contributed by atoms with van der Waals surface area (Å²) >= 11 is 1.35. The lowest BCUT2D eigenvalue weighted by atomic mass is 10.1. The Labute approximate surface area is 144 Å². The van der Waals surface area contributed by atoms with E-state index in [0.717, 1.165) is 16.9 Å². The van der Waals surface area contributed by atoms with Crippen LogP contribution >= 0.6 is 11.3 Å². The monoisotopic (exact) mass is 342 g/mol. The molecule has 0 bridgehead atoms. The molecule has 0 spiro atoms.